The van der Waals surface area contributed by atoms with Gasteiger partial charge < -0.3 is 4.74 Å². The third kappa shape index (κ3) is 3.09. The Morgan fingerprint density at radius 1 is 1.26 bits per heavy atom. The molecular weight excluding hydrogens is 262 g/mol. The number of hydrogen-bond donors (Lipinski definition) is 0. The zero-order valence-corrected chi connectivity index (χ0v) is 12.5. The summed E-state index contributed by atoms with van der Waals surface area (Å²) in [6.45, 7) is 8.44. The lowest BCUT2D eigenvalue weighted by Crippen LogP contribution is -2.53. The lowest BCUT2D eigenvalue weighted by Gasteiger charge is -2.38. The highest BCUT2D eigenvalue weighted by atomic mass is 32.2. The summed E-state index contributed by atoms with van der Waals surface area (Å²) in [6, 6.07) is 6.73. The van der Waals surface area contributed by atoms with Gasteiger partial charge >= 0.3 is 0 Å². The monoisotopic (exact) mass is 283 g/mol. The molecule has 0 radical (unpaired) electrons. The SMILES string of the molecule is CCN1CC(Oc2ccc(S(=O)(=O)C(C)C)cc2)C1. The average molecular weight is 283 g/mol. The molecule has 0 atom stereocenters. The normalized spacial score (nSPS) is 17.5. The van der Waals surface area contributed by atoms with Gasteiger partial charge in [0, 0.05) is 13.1 Å². The fourth-order valence-electron chi connectivity index (χ4n) is 2.03. The lowest BCUT2D eigenvalue weighted by molar-refractivity contribution is 0.0238. The van der Waals surface area contributed by atoms with Crippen molar-refractivity contribution in [3.05, 3.63) is 24.3 Å². The van der Waals surface area contributed by atoms with Crippen LogP contribution in [0.4, 0.5) is 0 Å². The maximum Gasteiger partial charge on any atom is 0.180 e. The zero-order valence-electron chi connectivity index (χ0n) is 11.7. The highest BCUT2D eigenvalue weighted by Crippen LogP contribution is 2.22. The van der Waals surface area contributed by atoms with Crippen LogP contribution in [-0.2, 0) is 9.84 Å². The number of benzene rings is 1. The Balaban J connectivity index is 2.00. The van der Waals surface area contributed by atoms with Crippen LogP contribution in [0.1, 0.15) is 20.8 Å². The summed E-state index contributed by atoms with van der Waals surface area (Å²) in [7, 11) is -3.19. The molecule has 1 aliphatic heterocycles. The van der Waals surface area contributed by atoms with Gasteiger partial charge in [-0.2, -0.15) is 0 Å². The number of likely N-dealkylation sites (tertiary alicyclic amines) is 1. The van der Waals surface area contributed by atoms with E-state index in [0.717, 1.165) is 25.4 Å². The van der Waals surface area contributed by atoms with E-state index in [9.17, 15) is 8.42 Å². The molecule has 1 saturated heterocycles. The highest BCUT2D eigenvalue weighted by molar-refractivity contribution is 7.92. The van der Waals surface area contributed by atoms with Crippen molar-refractivity contribution < 1.29 is 13.2 Å². The van der Waals surface area contributed by atoms with Crippen LogP contribution in [0, 0.1) is 0 Å². The molecule has 0 N–H and O–H groups in total. The average Bonchev–Trinajstić information content (AvgIpc) is 2.33. The van der Waals surface area contributed by atoms with Gasteiger partial charge in [-0.3, -0.25) is 4.90 Å². The second-order valence-electron chi connectivity index (χ2n) is 5.16. The van der Waals surface area contributed by atoms with Crippen LogP contribution in [0.15, 0.2) is 29.2 Å². The van der Waals surface area contributed by atoms with Crippen LogP contribution in [0.5, 0.6) is 5.75 Å². The van der Waals surface area contributed by atoms with Crippen LogP contribution in [0.25, 0.3) is 0 Å². The number of hydrogen-bond acceptors (Lipinski definition) is 4. The van der Waals surface area contributed by atoms with E-state index >= 15 is 0 Å². The molecule has 2 rings (SSSR count). The van der Waals surface area contributed by atoms with Crippen molar-refractivity contribution in [2.24, 2.45) is 0 Å². The van der Waals surface area contributed by atoms with Crippen molar-refractivity contribution in [3.8, 4) is 5.75 Å². The van der Waals surface area contributed by atoms with E-state index in [0.29, 0.717) is 4.90 Å². The van der Waals surface area contributed by atoms with Crippen molar-refractivity contribution >= 4 is 9.84 Å². The maximum absolute atomic E-state index is 12.0. The third-order valence-electron chi connectivity index (χ3n) is 3.45. The Morgan fingerprint density at radius 3 is 2.32 bits per heavy atom. The minimum absolute atomic E-state index is 0.229. The summed E-state index contributed by atoms with van der Waals surface area (Å²) in [5, 5.41) is -0.399. The molecule has 0 spiro atoms. The van der Waals surface area contributed by atoms with E-state index in [1.165, 1.54) is 0 Å². The Hall–Kier alpha value is -1.07. The molecule has 0 bridgehead atoms. The highest BCUT2D eigenvalue weighted by Gasteiger charge is 2.27. The third-order valence-corrected chi connectivity index (χ3v) is 5.62. The molecule has 1 fully saturated rings. The molecule has 1 aromatic carbocycles. The molecule has 1 aliphatic rings. The standard InChI is InChI=1S/C14H21NO3S/c1-4-15-9-13(10-15)18-12-5-7-14(8-6-12)19(16,17)11(2)3/h5-8,11,13H,4,9-10H2,1-3H3. The molecule has 106 valence electrons. The molecule has 0 saturated carbocycles. The van der Waals surface area contributed by atoms with Crippen molar-refractivity contribution in [1.29, 1.82) is 0 Å². The first kappa shape index (κ1) is 14.3. The van der Waals surface area contributed by atoms with Crippen LogP contribution in [0.2, 0.25) is 0 Å². The predicted molar refractivity (Wildman–Crippen MR) is 75.3 cm³/mol. The maximum atomic E-state index is 12.0. The Kier molecular flexibility index (Phi) is 4.16. The lowest BCUT2D eigenvalue weighted by atomic mass is 10.2. The molecule has 0 unspecified atom stereocenters. The summed E-state index contributed by atoms with van der Waals surface area (Å²) < 4.78 is 29.7. The zero-order chi connectivity index (χ0) is 14.0. The van der Waals surface area contributed by atoms with E-state index in [1.54, 1.807) is 38.1 Å². The summed E-state index contributed by atoms with van der Waals surface area (Å²) in [5.41, 5.74) is 0. The van der Waals surface area contributed by atoms with Gasteiger partial charge in [-0.05, 0) is 44.7 Å². The first-order chi connectivity index (χ1) is 8.93. The largest absolute Gasteiger partial charge is 0.488 e. The topological polar surface area (TPSA) is 46.6 Å². The minimum Gasteiger partial charge on any atom is -0.488 e. The van der Waals surface area contributed by atoms with Crippen molar-refractivity contribution in [3.63, 3.8) is 0 Å². The van der Waals surface area contributed by atoms with E-state index in [1.807, 2.05) is 0 Å². The minimum atomic E-state index is -3.19. The fourth-order valence-corrected chi connectivity index (χ4v) is 3.09. The first-order valence-corrected chi connectivity index (χ1v) is 8.21. The molecule has 19 heavy (non-hydrogen) atoms. The molecule has 1 aromatic rings. The number of ether oxygens (including phenoxy) is 1. The van der Waals surface area contributed by atoms with Gasteiger partial charge in [0.25, 0.3) is 0 Å². The van der Waals surface area contributed by atoms with Gasteiger partial charge in [0.1, 0.15) is 11.9 Å². The number of sulfone groups is 1. The quantitative estimate of drug-likeness (QED) is 0.828. The second-order valence-corrected chi connectivity index (χ2v) is 7.66. The van der Waals surface area contributed by atoms with Gasteiger partial charge in [0.05, 0.1) is 10.1 Å². The molecule has 4 nitrogen and oxygen atoms in total. The van der Waals surface area contributed by atoms with E-state index < -0.39 is 15.1 Å². The summed E-state index contributed by atoms with van der Waals surface area (Å²) in [5.74, 6) is 0.739. The molecule has 0 aliphatic carbocycles. The molecule has 0 amide bonds. The Labute approximate surface area is 115 Å². The van der Waals surface area contributed by atoms with Gasteiger partial charge in [-0.25, -0.2) is 8.42 Å². The molecule has 5 heteroatoms. The van der Waals surface area contributed by atoms with Gasteiger partial charge in [-0.15, -0.1) is 0 Å². The number of rotatable bonds is 5. The Morgan fingerprint density at radius 2 is 1.84 bits per heavy atom. The van der Waals surface area contributed by atoms with Crippen LogP contribution >= 0.6 is 0 Å². The van der Waals surface area contributed by atoms with E-state index in [2.05, 4.69) is 11.8 Å². The predicted octanol–water partition coefficient (Wildman–Crippen LogP) is 1.95. The molecule has 0 aromatic heterocycles. The number of nitrogens with zero attached hydrogens (tertiary/aromatic N) is 1. The smallest absolute Gasteiger partial charge is 0.180 e. The molecular formula is C14H21NO3S. The van der Waals surface area contributed by atoms with E-state index in [-0.39, 0.29) is 6.10 Å². The van der Waals surface area contributed by atoms with Crippen LogP contribution < -0.4 is 4.74 Å². The van der Waals surface area contributed by atoms with Crippen molar-refractivity contribution in [1.82, 2.24) is 4.90 Å². The summed E-state index contributed by atoms with van der Waals surface area (Å²) >= 11 is 0. The van der Waals surface area contributed by atoms with Crippen molar-refractivity contribution in [2.45, 2.75) is 37.0 Å². The summed E-state index contributed by atoms with van der Waals surface area (Å²) in [4.78, 5) is 2.65. The first-order valence-electron chi connectivity index (χ1n) is 6.66. The Bertz CT molecular complexity index is 516. The number of likely N-dealkylation sites (N-methyl/N-ethyl adjacent to an activating group) is 1. The van der Waals surface area contributed by atoms with Crippen LogP contribution in [0.3, 0.4) is 0 Å². The summed E-state index contributed by atoms with van der Waals surface area (Å²) in [6.07, 6.45) is 0.229. The van der Waals surface area contributed by atoms with Gasteiger partial charge in [0.15, 0.2) is 9.84 Å². The van der Waals surface area contributed by atoms with Crippen LogP contribution in [-0.4, -0.2) is 44.3 Å². The molecule has 1 heterocycles. The van der Waals surface area contributed by atoms with Gasteiger partial charge in [0.2, 0.25) is 0 Å². The fraction of sp³-hybridized carbons (Fsp3) is 0.571. The van der Waals surface area contributed by atoms with E-state index in [4.69, 9.17) is 4.74 Å². The van der Waals surface area contributed by atoms with Gasteiger partial charge in [-0.1, -0.05) is 6.92 Å². The van der Waals surface area contributed by atoms with Crippen molar-refractivity contribution in [2.75, 3.05) is 19.6 Å². The second kappa shape index (κ2) is 5.51.